The molecule has 1 aromatic carbocycles. The van der Waals surface area contributed by atoms with Crippen LogP contribution in [0.2, 0.25) is 0 Å². The minimum absolute atomic E-state index is 0.266. The minimum Gasteiger partial charge on any atom is -0.478 e. The molecule has 1 heterocycles. The number of primary amides is 1. The van der Waals surface area contributed by atoms with Crippen LogP contribution in [-0.4, -0.2) is 44.0 Å². The molecule has 5 N–H and O–H groups in total. The Kier molecular flexibility index (Phi) is 4.07. The molecule has 0 saturated heterocycles. The second-order valence-corrected chi connectivity index (χ2v) is 4.21. The summed E-state index contributed by atoms with van der Waals surface area (Å²) in [6.07, 6.45) is 1.06. The van der Waals surface area contributed by atoms with Gasteiger partial charge in [0, 0.05) is 0 Å². The van der Waals surface area contributed by atoms with Crippen molar-refractivity contribution in [2.24, 2.45) is 5.73 Å². The molecule has 0 unspecified atom stereocenters. The van der Waals surface area contributed by atoms with Gasteiger partial charge in [0.1, 0.15) is 0 Å². The highest BCUT2D eigenvalue weighted by Gasteiger charge is 2.23. The number of amides is 1. The summed E-state index contributed by atoms with van der Waals surface area (Å²) in [7, 11) is 0. The Morgan fingerprint density at radius 1 is 1.09 bits per heavy atom. The van der Waals surface area contributed by atoms with Crippen molar-refractivity contribution in [1.29, 1.82) is 0 Å². The number of rotatable bonds is 5. The zero-order valence-corrected chi connectivity index (χ0v) is 11.3. The number of aromatic carboxylic acids is 2. The quantitative estimate of drug-likeness (QED) is 0.562. The van der Waals surface area contributed by atoms with Crippen LogP contribution in [-0.2, 0) is 0 Å². The van der Waals surface area contributed by atoms with Gasteiger partial charge in [-0.15, -0.1) is 0 Å². The van der Waals surface area contributed by atoms with Crippen molar-refractivity contribution in [2.45, 2.75) is 0 Å². The first-order valence-electron chi connectivity index (χ1n) is 5.97. The van der Waals surface area contributed by atoms with Gasteiger partial charge in [0.05, 0.1) is 23.0 Å². The van der Waals surface area contributed by atoms with Gasteiger partial charge in [0.2, 0.25) is 0 Å². The van der Waals surface area contributed by atoms with E-state index < -0.39 is 40.8 Å². The molecule has 0 aliphatic carbocycles. The summed E-state index contributed by atoms with van der Waals surface area (Å²) < 4.78 is 4.83. The molecule has 0 fully saturated rings. The van der Waals surface area contributed by atoms with Crippen LogP contribution >= 0.6 is 0 Å². The number of aromatic nitrogens is 2. The van der Waals surface area contributed by atoms with Gasteiger partial charge in [0.25, 0.3) is 11.8 Å². The third-order valence-electron chi connectivity index (χ3n) is 2.76. The predicted octanol–water partition coefficient (Wildman–Crippen LogP) is 0.124. The van der Waals surface area contributed by atoms with Crippen molar-refractivity contribution >= 4 is 23.8 Å². The minimum atomic E-state index is -1.52. The van der Waals surface area contributed by atoms with E-state index in [0.29, 0.717) is 0 Å². The lowest BCUT2D eigenvalue weighted by atomic mass is 10.0. The first kappa shape index (κ1) is 15.7. The number of carbonyl (C=O) groups excluding carboxylic acids is 2. The topological polar surface area (TPSA) is 173 Å². The van der Waals surface area contributed by atoms with Crippen molar-refractivity contribution in [3.05, 3.63) is 46.9 Å². The van der Waals surface area contributed by atoms with E-state index in [4.69, 9.17) is 20.7 Å². The second kappa shape index (κ2) is 5.97. The van der Waals surface area contributed by atoms with E-state index in [1.165, 1.54) is 0 Å². The fraction of sp³-hybridized carbons (Fsp3) is 0. The molecule has 0 bridgehead atoms. The van der Waals surface area contributed by atoms with E-state index >= 15 is 0 Å². The van der Waals surface area contributed by atoms with Crippen LogP contribution in [0.25, 0.3) is 0 Å². The standard InChI is InChI=1S/C13H9N3O7/c14-9(17)8-10(16-4-15-8)23-13(22)6-2-1-5(11(18)19)3-7(6)12(20)21/h1-4H,(H2,14,17)(H,15,16)(H,18,19)(H,20,21). The van der Waals surface area contributed by atoms with Gasteiger partial charge in [-0.25, -0.2) is 19.4 Å². The summed E-state index contributed by atoms with van der Waals surface area (Å²) in [5.41, 5.74) is 3.50. The molecule has 1 aromatic heterocycles. The third-order valence-corrected chi connectivity index (χ3v) is 2.76. The number of H-pyrrole nitrogens is 1. The summed E-state index contributed by atoms with van der Waals surface area (Å²) in [5.74, 6) is -5.34. The molecule has 0 aliphatic heterocycles. The normalized spacial score (nSPS) is 10.1. The zero-order chi connectivity index (χ0) is 17.1. The van der Waals surface area contributed by atoms with Gasteiger partial charge in [-0.1, -0.05) is 0 Å². The highest BCUT2D eigenvalue weighted by molar-refractivity contribution is 6.05. The van der Waals surface area contributed by atoms with Crippen LogP contribution < -0.4 is 10.5 Å². The number of nitrogens with zero attached hydrogens (tertiary/aromatic N) is 1. The molecule has 0 aliphatic rings. The number of hydrogen-bond donors (Lipinski definition) is 4. The van der Waals surface area contributed by atoms with Crippen LogP contribution in [0.3, 0.4) is 0 Å². The van der Waals surface area contributed by atoms with Crippen molar-refractivity contribution in [1.82, 2.24) is 9.97 Å². The lowest BCUT2D eigenvalue weighted by molar-refractivity contribution is 0.0662. The van der Waals surface area contributed by atoms with Gasteiger partial charge < -0.3 is 25.7 Å². The zero-order valence-electron chi connectivity index (χ0n) is 11.3. The lowest BCUT2D eigenvalue weighted by Gasteiger charge is -2.07. The highest BCUT2D eigenvalue weighted by Crippen LogP contribution is 2.18. The van der Waals surface area contributed by atoms with E-state index in [2.05, 4.69) is 9.97 Å². The molecular formula is C13H9N3O7. The third kappa shape index (κ3) is 3.15. The van der Waals surface area contributed by atoms with E-state index in [1.54, 1.807) is 0 Å². The Labute approximate surface area is 127 Å². The molecule has 2 rings (SSSR count). The molecular weight excluding hydrogens is 310 g/mol. The largest absolute Gasteiger partial charge is 0.478 e. The number of aromatic amines is 1. The number of esters is 1. The molecule has 23 heavy (non-hydrogen) atoms. The van der Waals surface area contributed by atoms with Crippen molar-refractivity contribution in [2.75, 3.05) is 0 Å². The maximum absolute atomic E-state index is 12.1. The summed E-state index contributed by atoms with van der Waals surface area (Å²) >= 11 is 0. The number of nitrogens with one attached hydrogen (secondary N) is 1. The Bertz CT molecular complexity index is 825. The summed E-state index contributed by atoms with van der Waals surface area (Å²) in [5, 5.41) is 17.9. The molecule has 0 saturated carbocycles. The molecule has 10 nitrogen and oxygen atoms in total. The Morgan fingerprint density at radius 2 is 1.78 bits per heavy atom. The monoisotopic (exact) mass is 319 g/mol. The van der Waals surface area contributed by atoms with E-state index in [-0.39, 0.29) is 11.3 Å². The predicted molar refractivity (Wildman–Crippen MR) is 72.4 cm³/mol. The van der Waals surface area contributed by atoms with Crippen LogP contribution in [0, 0.1) is 0 Å². The van der Waals surface area contributed by atoms with Gasteiger partial charge >= 0.3 is 17.9 Å². The Morgan fingerprint density at radius 3 is 2.35 bits per heavy atom. The Balaban J connectivity index is 2.39. The van der Waals surface area contributed by atoms with Crippen LogP contribution in [0.1, 0.15) is 41.6 Å². The van der Waals surface area contributed by atoms with E-state index in [1.807, 2.05) is 0 Å². The average molecular weight is 319 g/mol. The number of carboxylic acid groups (broad SMARTS) is 2. The van der Waals surface area contributed by atoms with Gasteiger partial charge in [-0.3, -0.25) is 4.79 Å². The van der Waals surface area contributed by atoms with Gasteiger partial charge in [0.15, 0.2) is 5.69 Å². The van der Waals surface area contributed by atoms with E-state index in [0.717, 1.165) is 24.5 Å². The van der Waals surface area contributed by atoms with Gasteiger partial charge in [-0.2, -0.15) is 0 Å². The SMILES string of the molecule is NC(=O)c1[nH]cnc1OC(=O)c1ccc(C(=O)O)cc1C(=O)O. The van der Waals surface area contributed by atoms with Crippen LogP contribution in [0.15, 0.2) is 24.5 Å². The molecule has 0 radical (unpaired) electrons. The highest BCUT2D eigenvalue weighted by atomic mass is 16.5. The summed E-state index contributed by atoms with van der Waals surface area (Å²) in [4.78, 5) is 51.1. The fourth-order valence-corrected chi connectivity index (χ4v) is 1.71. The number of ether oxygens (including phenoxy) is 1. The van der Waals surface area contributed by atoms with Crippen molar-refractivity contribution in [3.8, 4) is 5.88 Å². The molecule has 1 amide bonds. The summed E-state index contributed by atoms with van der Waals surface area (Å²) in [6, 6.07) is 2.86. The Hall–Kier alpha value is -3.69. The fourth-order valence-electron chi connectivity index (χ4n) is 1.71. The smallest absolute Gasteiger partial charge is 0.345 e. The number of benzene rings is 1. The van der Waals surface area contributed by atoms with Crippen molar-refractivity contribution in [3.63, 3.8) is 0 Å². The molecule has 0 atom stereocenters. The maximum Gasteiger partial charge on any atom is 0.345 e. The second-order valence-electron chi connectivity index (χ2n) is 4.21. The number of hydrogen-bond acceptors (Lipinski definition) is 6. The number of carboxylic acids is 2. The maximum atomic E-state index is 12.1. The van der Waals surface area contributed by atoms with Crippen molar-refractivity contribution < 1.29 is 34.1 Å². The van der Waals surface area contributed by atoms with Crippen LogP contribution in [0.5, 0.6) is 5.88 Å². The molecule has 10 heteroatoms. The first-order valence-corrected chi connectivity index (χ1v) is 5.97. The molecule has 2 aromatic rings. The van der Waals surface area contributed by atoms with E-state index in [9.17, 15) is 19.2 Å². The number of imidazole rings is 1. The number of carbonyl (C=O) groups is 4. The van der Waals surface area contributed by atoms with Gasteiger partial charge in [-0.05, 0) is 18.2 Å². The van der Waals surface area contributed by atoms with Crippen LogP contribution in [0.4, 0.5) is 0 Å². The first-order chi connectivity index (χ1) is 10.8. The summed E-state index contributed by atoms with van der Waals surface area (Å²) in [6.45, 7) is 0. The number of nitrogens with two attached hydrogens (primary N) is 1. The average Bonchev–Trinajstić information content (AvgIpc) is 2.94. The molecule has 118 valence electrons. The molecule has 0 spiro atoms. The lowest BCUT2D eigenvalue weighted by Crippen LogP contribution is -2.18.